The van der Waals surface area contributed by atoms with Gasteiger partial charge in [0.1, 0.15) is 0 Å². The van der Waals surface area contributed by atoms with Crippen molar-refractivity contribution in [3.63, 3.8) is 0 Å². The van der Waals surface area contributed by atoms with Crippen molar-refractivity contribution < 1.29 is 9.21 Å². The van der Waals surface area contributed by atoms with E-state index in [1.165, 1.54) is 17.7 Å². The monoisotopic (exact) mass is 288 g/mol. The Hall–Kier alpha value is -2.41. The first-order valence-corrected chi connectivity index (χ1v) is 6.95. The third-order valence-corrected chi connectivity index (χ3v) is 3.63. The molecular formula is C13H12N4O2S. The number of carbonyl (C=O) groups excluding carboxylic acids is 1. The minimum atomic E-state index is -0.235. The molecule has 0 aliphatic heterocycles. The second kappa shape index (κ2) is 5.70. The molecule has 0 saturated carbocycles. The Morgan fingerprint density at radius 2 is 2.45 bits per heavy atom. The summed E-state index contributed by atoms with van der Waals surface area (Å²) in [4.78, 5) is 23.9. The number of imidazole rings is 1. The van der Waals surface area contributed by atoms with Gasteiger partial charge in [-0.05, 0) is 11.4 Å². The second-order valence-electron chi connectivity index (χ2n) is 4.09. The Labute approximate surface area is 118 Å². The number of H-pyrrole nitrogens is 1. The van der Waals surface area contributed by atoms with Crippen LogP contribution < -0.4 is 5.32 Å². The molecular weight excluding hydrogens is 276 g/mol. The van der Waals surface area contributed by atoms with E-state index in [9.17, 15) is 4.79 Å². The summed E-state index contributed by atoms with van der Waals surface area (Å²) in [6, 6.07) is 3.80. The lowest BCUT2D eigenvalue weighted by atomic mass is 10.2. The third kappa shape index (κ3) is 2.62. The predicted octanol–water partition coefficient (Wildman–Crippen LogP) is 2.10. The van der Waals surface area contributed by atoms with Gasteiger partial charge in [-0.1, -0.05) is 6.07 Å². The number of hydrogen-bond donors (Lipinski definition) is 2. The van der Waals surface area contributed by atoms with Gasteiger partial charge in [-0.3, -0.25) is 4.79 Å². The van der Waals surface area contributed by atoms with Gasteiger partial charge in [0.05, 0.1) is 11.2 Å². The number of aromatic nitrogens is 3. The maximum Gasteiger partial charge on any atom is 0.273 e. The van der Waals surface area contributed by atoms with Crippen molar-refractivity contribution in [2.45, 2.75) is 6.42 Å². The van der Waals surface area contributed by atoms with Crippen molar-refractivity contribution in [1.29, 1.82) is 0 Å². The van der Waals surface area contributed by atoms with Crippen LogP contribution in [0, 0.1) is 0 Å². The summed E-state index contributed by atoms with van der Waals surface area (Å²) in [5.41, 5.74) is 1.29. The average molecular weight is 288 g/mol. The van der Waals surface area contributed by atoms with E-state index in [-0.39, 0.29) is 5.91 Å². The summed E-state index contributed by atoms with van der Waals surface area (Å²) >= 11 is 1.51. The molecule has 102 valence electrons. The molecule has 3 heterocycles. The Kier molecular flexibility index (Phi) is 3.60. The largest absolute Gasteiger partial charge is 0.442 e. The first-order chi connectivity index (χ1) is 9.84. The van der Waals surface area contributed by atoms with E-state index in [2.05, 4.69) is 20.3 Å². The van der Waals surface area contributed by atoms with E-state index in [0.717, 1.165) is 10.6 Å². The Morgan fingerprint density at radius 3 is 3.20 bits per heavy atom. The van der Waals surface area contributed by atoms with E-state index >= 15 is 0 Å². The van der Waals surface area contributed by atoms with Crippen molar-refractivity contribution in [2.24, 2.45) is 0 Å². The lowest BCUT2D eigenvalue weighted by Crippen LogP contribution is -2.26. The van der Waals surface area contributed by atoms with E-state index in [4.69, 9.17) is 4.42 Å². The van der Waals surface area contributed by atoms with E-state index < -0.39 is 0 Å². The van der Waals surface area contributed by atoms with E-state index in [1.54, 1.807) is 12.5 Å². The molecule has 0 atom stereocenters. The zero-order chi connectivity index (χ0) is 13.8. The van der Waals surface area contributed by atoms with Gasteiger partial charge in [0.2, 0.25) is 0 Å². The molecule has 0 aromatic carbocycles. The van der Waals surface area contributed by atoms with Crippen LogP contribution in [-0.2, 0) is 6.42 Å². The summed E-state index contributed by atoms with van der Waals surface area (Å²) in [5, 5.41) is 4.75. The molecule has 0 unspecified atom stereocenters. The van der Waals surface area contributed by atoms with Crippen LogP contribution in [0.4, 0.5) is 0 Å². The lowest BCUT2D eigenvalue weighted by Gasteiger charge is -2.02. The van der Waals surface area contributed by atoms with Gasteiger partial charge in [-0.15, -0.1) is 11.3 Å². The maximum atomic E-state index is 12.1. The van der Waals surface area contributed by atoms with Gasteiger partial charge in [-0.25, -0.2) is 9.97 Å². The molecule has 3 rings (SSSR count). The highest BCUT2D eigenvalue weighted by atomic mass is 32.1. The molecule has 7 heteroatoms. The average Bonchev–Trinajstić information content (AvgIpc) is 3.19. The van der Waals surface area contributed by atoms with Crippen LogP contribution in [0.5, 0.6) is 0 Å². The predicted molar refractivity (Wildman–Crippen MR) is 74.4 cm³/mol. The molecule has 0 spiro atoms. The molecule has 0 saturated heterocycles. The SMILES string of the molecule is O=C(NCCc1cnc[nH]1)c1ncoc1-c1cccs1. The Bertz CT molecular complexity index is 673. The zero-order valence-corrected chi connectivity index (χ0v) is 11.3. The third-order valence-electron chi connectivity index (χ3n) is 2.76. The highest BCUT2D eigenvalue weighted by Gasteiger charge is 2.18. The molecule has 0 aliphatic rings. The molecule has 2 N–H and O–H groups in total. The van der Waals surface area contributed by atoms with Crippen LogP contribution >= 0.6 is 11.3 Å². The summed E-state index contributed by atoms with van der Waals surface area (Å²) in [5.74, 6) is 0.278. The van der Waals surface area contributed by atoms with Crippen molar-refractivity contribution in [3.8, 4) is 10.6 Å². The van der Waals surface area contributed by atoms with E-state index in [0.29, 0.717) is 24.4 Å². The smallest absolute Gasteiger partial charge is 0.273 e. The van der Waals surface area contributed by atoms with Crippen LogP contribution in [-0.4, -0.2) is 27.4 Å². The fourth-order valence-corrected chi connectivity index (χ4v) is 2.52. The summed E-state index contributed by atoms with van der Waals surface area (Å²) in [6.45, 7) is 0.512. The van der Waals surface area contributed by atoms with Gasteiger partial charge in [0, 0.05) is 24.9 Å². The van der Waals surface area contributed by atoms with Crippen LogP contribution in [0.1, 0.15) is 16.2 Å². The number of aromatic amines is 1. The number of carbonyl (C=O) groups is 1. The van der Waals surface area contributed by atoms with Gasteiger partial charge < -0.3 is 14.7 Å². The normalized spacial score (nSPS) is 10.6. The zero-order valence-electron chi connectivity index (χ0n) is 10.5. The van der Waals surface area contributed by atoms with Crippen molar-refractivity contribution in [1.82, 2.24) is 20.3 Å². The van der Waals surface area contributed by atoms with Gasteiger partial charge in [0.15, 0.2) is 17.8 Å². The molecule has 0 radical (unpaired) electrons. The van der Waals surface area contributed by atoms with Crippen molar-refractivity contribution in [2.75, 3.05) is 6.54 Å². The van der Waals surface area contributed by atoms with Gasteiger partial charge >= 0.3 is 0 Å². The number of hydrogen-bond acceptors (Lipinski definition) is 5. The van der Waals surface area contributed by atoms with Crippen molar-refractivity contribution >= 4 is 17.2 Å². The molecule has 1 amide bonds. The number of rotatable bonds is 5. The first-order valence-electron chi connectivity index (χ1n) is 6.07. The van der Waals surface area contributed by atoms with Crippen LogP contribution in [0.25, 0.3) is 10.6 Å². The van der Waals surface area contributed by atoms with E-state index in [1.807, 2.05) is 17.5 Å². The standard InChI is InChI=1S/C13H12N4O2S/c18-13(15-4-3-9-6-14-7-16-9)11-12(19-8-17-11)10-2-1-5-20-10/h1-2,5-8H,3-4H2,(H,14,16)(H,15,18). The molecule has 20 heavy (non-hydrogen) atoms. The van der Waals surface area contributed by atoms with Crippen LogP contribution in [0.15, 0.2) is 40.8 Å². The number of oxazole rings is 1. The topological polar surface area (TPSA) is 83.8 Å². The van der Waals surface area contributed by atoms with Crippen molar-refractivity contribution in [3.05, 3.63) is 47.8 Å². The molecule has 6 nitrogen and oxygen atoms in total. The van der Waals surface area contributed by atoms with Crippen LogP contribution in [0.2, 0.25) is 0 Å². The number of nitrogens with one attached hydrogen (secondary N) is 2. The molecule has 0 aliphatic carbocycles. The quantitative estimate of drug-likeness (QED) is 0.753. The summed E-state index contributed by atoms with van der Waals surface area (Å²) < 4.78 is 5.30. The molecule has 0 bridgehead atoms. The highest BCUT2D eigenvalue weighted by molar-refractivity contribution is 7.13. The molecule has 3 aromatic heterocycles. The number of thiophene rings is 1. The fourth-order valence-electron chi connectivity index (χ4n) is 1.81. The van der Waals surface area contributed by atoms with Gasteiger partial charge in [0.25, 0.3) is 5.91 Å². The van der Waals surface area contributed by atoms with Gasteiger partial charge in [-0.2, -0.15) is 0 Å². The van der Waals surface area contributed by atoms with Crippen LogP contribution in [0.3, 0.4) is 0 Å². The first kappa shape index (κ1) is 12.6. The molecule has 3 aromatic rings. The minimum Gasteiger partial charge on any atom is -0.442 e. The number of amides is 1. The minimum absolute atomic E-state index is 0.235. The maximum absolute atomic E-state index is 12.1. The highest BCUT2D eigenvalue weighted by Crippen LogP contribution is 2.27. The second-order valence-corrected chi connectivity index (χ2v) is 5.04. The number of nitrogens with zero attached hydrogens (tertiary/aromatic N) is 2. The lowest BCUT2D eigenvalue weighted by molar-refractivity contribution is 0.0950. The summed E-state index contributed by atoms with van der Waals surface area (Å²) in [6.07, 6.45) is 5.33. The fraction of sp³-hybridized carbons (Fsp3) is 0.154. The Balaban J connectivity index is 1.64. The Morgan fingerprint density at radius 1 is 1.50 bits per heavy atom. The molecule has 0 fully saturated rings. The summed E-state index contributed by atoms with van der Waals surface area (Å²) in [7, 11) is 0.